The van der Waals surface area contributed by atoms with Gasteiger partial charge >= 0.3 is 0 Å². The molecule has 1 aliphatic rings. The molecule has 1 fully saturated rings. The van der Waals surface area contributed by atoms with Crippen molar-refractivity contribution >= 4 is 17.4 Å². The van der Waals surface area contributed by atoms with Crippen molar-refractivity contribution in [2.45, 2.75) is 12.7 Å². The van der Waals surface area contributed by atoms with Crippen LogP contribution in [0.4, 0.5) is 0 Å². The Morgan fingerprint density at radius 1 is 1.47 bits per heavy atom. The van der Waals surface area contributed by atoms with E-state index >= 15 is 0 Å². The highest BCUT2D eigenvalue weighted by Gasteiger charge is 2.20. The van der Waals surface area contributed by atoms with Crippen LogP contribution in [-0.4, -0.2) is 30.3 Å². The number of hydrogen-bond acceptors (Lipinski definition) is 4. The van der Waals surface area contributed by atoms with Gasteiger partial charge in [0.05, 0.1) is 19.6 Å². The SMILES string of the molecule is O=C(CC1OCCO1)c1ccc(Cl)nc1. The first-order valence-electron chi connectivity index (χ1n) is 4.63. The number of hydrogen-bond donors (Lipinski definition) is 0. The Kier molecular flexibility index (Phi) is 3.30. The summed E-state index contributed by atoms with van der Waals surface area (Å²) >= 11 is 5.61. The largest absolute Gasteiger partial charge is 0.350 e. The zero-order valence-corrected chi connectivity index (χ0v) is 8.74. The summed E-state index contributed by atoms with van der Waals surface area (Å²) in [7, 11) is 0. The third kappa shape index (κ3) is 2.75. The quantitative estimate of drug-likeness (QED) is 0.582. The monoisotopic (exact) mass is 227 g/mol. The van der Waals surface area contributed by atoms with Crippen LogP contribution in [0.25, 0.3) is 0 Å². The van der Waals surface area contributed by atoms with E-state index in [1.54, 1.807) is 12.1 Å². The molecule has 4 nitrogen and oxygen atoms in total. The molecular formula is C10H10ClNO3. The van der Waals surface area contributed by atoms with Crippen LogP contribution in [0.15, 0.2) is 18.3 Å². The minimum absolute atomic E-state index is 0.0499. The Bertz CT molecular complexity index is 346. The van der Waals surface area contributed by atoms with Crippen molar-refractivity contribution in [3.05, 3.63) is 29.0 Å². The molecule has 80 valence electrons. The van der Waals surface area contributed by atoms with Gasteiger partial charge in [-0.05, 0) is 12.1 Å². The second-order valence-corrected chi connectivity index (χ2v) is 3.56. The smallest absolute Gasteiger partial charge is 0.169 e. The van der Waals surface area contributed by atoms with Crippen LogP contribution in [0.3, 0.4) is 0 Å². The molecule has 0 amide bonds. The Hall–Kier alpha value is -0.970. The van der Waals surface area contributed by atoms with Crippen LogP contribution >= 0.6 is 11.6 Å². The van der Waals surface area contributed by atoms with Gasteiger partial charge < -0.3 is 9.47 Å². The summed E-state index contributed by atoms with van der Waals surface area (Å²) in [6.07, 6.45) is 1.27. The molecule has 2 heterocycles. The molecular weight excluding hydrogens is 218 g/mol. The predicted molar refractivity (Wildman–Crippen MR) is 53.9 cm³/mol. The molecule has 1 aliphatic heterocycles. The lowest BCUT2D eigenvalue weighted by molar-refractivity contribution is -0.0407. The molecule has 0 saturated carbocycles. The number of ketones is 1. The fraction of sp³-hybridized carbons (Fsp3) is 0.400. The van der Waals surface area contributed by atoms with Crippen LogP contribution in [0.1, 0.15) is 16.8 Å². The maximum atomic E-state index is 11.7. The van der Waals surface area contributed by atoms with Crippen molar-refractivity contribution in [1.29, 1.82) is 0 Å². The van der Waals surface area contributed by atoms with Gasteiger partial charge in [-0.15, -0.1) is 0 Å². The number of pyridine rings is 1. The summed E-state index contributed by atoms with van der Waals surface area (Å²) in [5.41, 5.74) is 0.526. The van der Waals surface area contributed by atoms with E-state index in [4.69, 9.17) is 21.1 Å². The maximum absolute atomic E-state index is 11.7. The van der Waals surface area contributed by atoms with E-state index in [0.29, 0.717) is 23.9 Å². The van der Waals surface area contributed by atoms with Gasteiger partial charge in [0, 0.05) is 11.8 Å². The first-order chi connectivity index (χ1) is 7.25. The lowest BCUT2D eigenvalue weighted by Gasteiger charge is -2.07. The number of rotatable bonds is 3. The Morgan fingerprint density at radius 2 is 2.20 bits per heavy atom. The normalized spacial score (nSPS) is 16.9. The predicted octanol–water partition coefficient (Wildman–Crippen LogP) is 1.68. The average molecular weight is 228 g/mol. The van der Waals surface area contributed by atoms with Crippen molar-refractivity contribution in [2.24, 2.45) is 0 Å². The highest BCUT2D eigenvalue weighted by molar-refractivity contribution is 6.29. The van der Waals surface area contributed by atoms with Crippen molar-refractivity contribution in [3.63, 3.8) is 0 Å². The van der Waals surface area contributed by atoms with Crippen LogP contribution in [0, 0.1) is 0 Å². The summed E-state index contributed by atoms with van der Waals surface area (Å²) in [5.74, 6) is -0.0499. The lowest BCUT2D eigenvalue weighted by atomic mass is 10.1. The highest BCUT2D eigenvalue weighted by atomic mass is 35.5. The Labute approximate surface area is 92.2 Å². The molecule has 0 unspecified atom stereocenters. The topological polar surface area (TPSA) is 48.4 Å². The molecule has 0 radical (unpaired) electrons. The van der Waals surface area contributed by atoms with Gasteiger partial charge in [-0.1, -0.05) is 11.6 Å². The van der Waals surface area contributed by atoms with Crippen LogP contribution in [0.5, 0.6) is 0 Å². The Morgan fingerprint density at radius 3 is 2.80 bits per heavy atom. The molecule has 15 heavy (non-hydrogen) atoms. The van der Waals surface area contributed by atoms with Gasteiger partial charge in [0.25, 0.3) is 0 Å². The molecule has 0 aromatic carbocycles. The third-order valence-electron chi connectivity index (χ3n) is 2.09. The molecule has 0 N–H and O–H groups in total. The van der Waals surface area contributed by atoms with Crippen LogP contribution < -0.4 is 0 Å². The summed E-state index contributed by atoms with van der Waals surface area (Å²) in [6.45, 7) is 1.10. The van der Waals surface area contributed by atoms with Crippen molar-refractivity contribution < 1.29 is 14.3 Å². The van der Waals surface area contributed by atoms with Crippen molar-refractivity contribution in [1.82, 2.24) is 4.98 Å². The molecule has 1 aromatic rings. The van der Waals surface area contributed by atoms with E-state index < -0.39 is 6.29 Å². The fourth-order valence-corrected chi connectivity index (χ4v) is 1.45. The standard InChI is InChI=1S/C10H10ClNO3/c11-9-2-1-7(6-12-9)8(13)5-10-14-3-4-15-10/h1-2,6,10H,3-5H2. The van der Waals surface area contributed by atoms with E-state index in [2.05, 4.69) is 4.98 Å². The van der Waals surface area contributed by atoms with E-state index in [0.717, 1.165) is 0 Å². The summed E-state index contributed by atoms with van der Waals surface area (Å²) in [4.78, 5) is 15.5. The number of aromatic nitrogens is 1. The zero-order chi connectivity index (χ0) is 10.7. The summed E-state index contributed by atoms with van der Waals surface area (Å²) in [5, 5.41) is 0.375. The van der Waals surface area contributed by atoms with E-state index in [-0.39, 0.29) is 12.2 Å². The molecule has 1 aromatic heterocycles. The van der Waals surface area contributed by atoms with Gasteiger partial charge in [-0.25, -0.2) is 4.98 Å². The molecule has 0 atom stereocenters. The molecule has 0 aliphatic carbocycles. The molecule has 0 spiro atoms. The number of Topliss-reactive ketones (excluding diaryl/α,β-unsaturated/α-hetero) is 1. The van der Waals surface area contributed by atoms with Gasteiger partial charge in [0.2, 0.25) is 0 Å². The highest BCUT2D eigenvalue weighted by Crippen LogP contribution is 2.13. The van der Waals surface area contributed by atoms with Crippen molar-refractivity contribution in [3.8, 4) is 0 Å². The summed E-state index contributed by atoms with van der Waals surface area (Å²) < 4.78 is 10.4. The molecule has 1 saturated heterocycles. The van der Waals surface area contributed by atoms with Crippen molar-refractivity contribution in [2.75, 3.05) is 13.2 Å². The van der Waals surface area contributed by atoms with Gasteiger partial charge in [0.15, 0.2) is 12.1 Å². The second kappa shape index (κ2) is 4.70. The third-order valence-corrected chi connectivity index (χ3v) is 2.32. The maximum Gasteiger partial charge on any atom is 0.169 e. The fourth-order valence-electron chi connectivity index (χ4n) is 1.34. The second-order valence-electron chi connectivity index (χ2n) is 3.17. The molecule has 5 heteroatoms. The van der Waals surface area contributed by atoms with E-state index in [1.807, 2.05) is 0 Å². The minimum Gasteiger partial charge on any atom is -0.350 e. The minimum atomic E-state index is -0.409. The number of nitrogens with zero attached hydrogens (tertiary/aromatic N) is 1. The molecule has 0 bridgehead atoms. The van der Waals surface area contributed by atoms with Gasteiger partial charge in [-0.2, -0.15) is 0 Å². The first kappa shape index (κ1) is 10.5. The molecule has 2 rings (SSSR count). The number of carbonyl (C=O) groups is 1. The van der Waals surface area contributed by atoms with Gasteiger partial charge in [-0.3, -0.25) is 4.79 Å². The number of halogens is 1. The number of ether oxygens (including phenoxy) is 2. The lowest BCUT2D eigenvalue weighted by Crippen LogP contribution is -2.14. The van der Waals surface area contributed by atoms with E-state index in [9.17, 15) is 4.79 Å². The van der Waals surface area contributed by atoms with Gasteiger partial charge in [0.1, 0.15) is 5.15 Å². The van der Waals surface area contributed by atoms with Crippen LogP contribution in [-0.2, 0) is 9.47 Å². The van der Waals surface area contributed by atoms with E-state index in [1.165, 1.54) is 6.20 Å². The number of carbonyl (C=O) groups excluding carboxylic acids is 1. The average Bonchev–Trinajstić information content (AvgIpc) is 2.71. The summed E-state index contributed by atoms with van der Waals surface area (Å²) in [6, 6.07) is 3.23. The first-order valence-corrected chi connectivity index (χ1v) is 5.01. The van der Waals surface area contributed by atoms with Crippen LogP contribution in [0.2, 0.25) is 5.15 Å². The Balaban J connectivity index is 1.98. The zero-order valence-electron chi connectivity index (χ0n) is 7.98.